The van der Waals surface area contributed by atoms with E-state index in [2.05, 4.69) is 10.4 Å². The second-order valence-corrected chi connectivity index (χ2v) is 6.14. The summed E-state index contributed by atoms with van der Waals surface area (Å²) in [4.78, 5) is 12.5. The minimum atomic E-state index is -0.324. The van der Waals surface area contributed by atoms with Crippen LogP contribution < -0.4 is 10.1 Å². The highest BCUT2D eigenvalue weighted by atomic mass is 35.5. The molecular weight excluding hydrogens is 357 g/mol. The Kier molecular flexibility index (Phi) is 5.23. The van der Waals surface area contributed by atoms with Crippen LogP contribution in [-0.4, -0.2) is 22.8 Å². The van der Waals surface area contributed by atoms with Crippen LogP contribution in [0.4, 0.5) is 10.2 Å². The number of nitrogens with zero attached hydrogens (tertiary/aromatic N) is 2. The molecule has 3 rings (SSSR count). The molecule has 0 aliphatic heterocycles. The molecule has 0 fully saturated rings. The molecule has 26 heavy (non-hydrogen) atoms. The second-order valence-electron chi connectivity index (χ2n) is 5.74. The number of halogens is 2. The van der Waals surface area contributed by atoms with E-state index < -0.39 is 0 Å². The van der Waals surface area contributed by atoms with Crippen molar-refractivity contribution in [3.8, 4) is 5.75 Å². The molecule has 0 aliphatic rings. The number of carbonyl (C=O) groups is 1. The molecule has 0 radical (unpaired) electrons. The summed E-state index contributed by atoms with van der Waals surface area (Å²) in [5, 5.41) is 7.33. The van der Waals surface area contributed by atoms with Gasteiger partial charge in [-0.15, -0.1) is 0 Å². The van der Waals surface area contributed by atoms with Gasteiger partial charge in [0.15, 0.2) is 5.82 Å². The average molecular weight is 374 g/mol. The van der Waals surface area contributed by atoms with Crippen LogP contribution in [0, 0.1) is 12.7 Å². The van der Waals surface area contributed by atoms with Gasteiger partial charge in [-0.05, 0) is 36.8 Å². The van der Waals surface area contributed by atoms with E-state index in [0.29, 0.717) is 22.9 Å². The summed E-state index contributed by atoms with van der Waals surface area (Å²) < 4.78 is 19.8. The summed E-state index contributed by atoms with van der Waals surface area (Å²) in [6, 6.07) is 11.3. The Hall–Kier alpha value is -2.86. The standard InChI is InChI=1S/C19H17ClFN3O2/c1-12-15(4-3-5-17(12)26-2)19(25)22-18-16(20)11-24(23-18)10-13-6-8-14(21)9-7-13/h3-9,11H,10H2,1-2H3,(H,22,23,25). The number of anilines is 1. The van der Waals surface area contributed by atoms with Gasteiger partial charge in [0.2, 0.25) is 0 Å². The molecule has 1 heterocycles. The first-order valence-corrected chi connectivity index (χ1v) is 8.28. The van der Waals surface area contributed by atoms with Crippen LogP contribution in [-0.2, 0) is 6.54 Å². The Morgan fingerprint density at radius 2 is 2.00 bits per heavy atom. The lowest BCUT2D eigenvalue weighted by Crippen LogP contribution is -2.15. The van der Waals surface area contributed by atoms with Crippen molar-refractivity contribution in [2.24, 2.45) is 0 Å². The molecule has 0 saturated carbocycles. The number of methoxy groups -OCH3 is 1. The van der Waals surface area contributed by atoms with Crippen LogP contribution in [0.5, 0.6) is 5.75 Å². The van der Waals surface area contributed by atoms with Gasteiger partial charge in [-0.3, -0.25) is 9.48 Å². The molecule has 0 spiro atoms. The number of amides is 1. The fourth-order valence-corrected chi connectivity index (χ4v) is 2.79. The number of hydrogen-bond acceptors (Lipinski definition) is 3. The first kappa shape index (κ1) is 17.9. The predicted octanol–water partition coefficient (Wildman–Crippen LogP) is 4.29. The zero-order valence-corrected chi connectivity index (χ0v) is 15.0. The third kappa shape index (κ3) is 3.86. The zero-order chi connectivity index (χ0) is 18.7. The molecule has 1 aromatic heterocycles. The van der Waals surface area contributed by atoms with Crippen LogP contribution in [0.25, 0.3) is 0 Å². The van der Waals surface area contributed by atoms with Gasteiger partial charge in [0, 0.05) is 17.3 Å². The maximum absolute atomic E-state index is 13.0. The van der Waals surface area contributed by atoms with E-state index in [-0.39, 0.29) is 17.5 Å². The third-order valence-electron chi connectivity index (χ3n) is 3.96. The largest absolute Gasteiger partial charge is 0.496 e. The Labute approximate surface area is 155 Å². The molecule has 134 valence electrons. The molecule has 1 amide bonds. The summed E-state index contributed by atoms with van der Waals surface area (Å²) in [6.07, 6.45) is 1.61. The molecule has 0 saturated heterocycles. The molecule has 7 heteroatoms. The summed E-state index contributed by atoms with van der Waals surface area (Å²) in [7, 11) is 1.55. The highest BCUT2D eigenvalue weighted by molar-refractivity contribution is 6.33. The SMILES string of the molecule is COc1cccc(C(=O)Nc2nn(Cc3ccc(F)cc3)cc2Cl)c1C. The normalized spacial score (nSPS) is 10.6. The second kappa shape index (κ2) is 7.58. The number of benzene rings is 2. The van der Waals surface area contributed by atoms with Crippen molar-refractivity contribution in [2.45, 2.75) is 13.5 Å². The van der Waals surface area contributed by atoms with Gasteiger partial charge in [0.25, 0.3) is 5.91 Å². The lowest BCUT2D eigenvalue weighted by atomic mass is 10.1. The van der Waals surface area contributed by atoms with Crippen LogP contribution in [0.2, 0.25) is 5.02 Å². The molecule has 0 unspecified atom stereocenters. The number of carbonyl (C=O) groups excluding carboxylic acids is 1. The number of hydrogen-bond donors (Lipinski definition) is 1. The summed E-state index contributed by atoms with van der Waals surface area (Å²) in [5.41, 5.74) is 2.08. The van der Waals surface area contributed by atoms with Gasteiger partial charge < -0.3 is 10.1 Å². The fourth-order valence-electron chi connectivity index (χ4n) is 2.60. The average Bonchev–Trinajstić information content (AvgIpc) is 2.96. The molecule has 3 aromatic rings. The molecule has 0 atom stereocenters. The van der Waals surface area contributed by atoms with E-state index in [1.807, 2.05) is 6.92 Å². The van der Waals surface area contributed by atoms with Gasteiger partial charge in [-0.1, -0.05) is 29.8 Å². The molecule has 0 aliphatic carbocycles. The van der Waals surface area contributed by atoms with Gasteiger partial charge in [0.1, 0.15) is 16.6 Å². The van der Waals surface area contributed by atoms with Crippen molar-refractivity contribution in [2.75, 3.05) is 12.4 Å². The summed E-state index contributed by atoms with van der Waals surface area (Å²) in [6.45, 7) is 2.22. The van der Waals surface area contributed by atoms with E-state index in [9.17, 15) is 9.18 Å². The Morgan fingerprint density at radius 3 is 2.69 bits per heavy atom. The molecule has 0 bridgehead atoms. The Morgan fingerprint density at radius 1 is 1.27 bits per heavy atom. The molecular formula is C19H17ClFN3O2. The molecule has 2 aromatic carbocycles. The van der Waals surface area contributed by atoms with E-state index in [4.69, 9.17) is 16.3 Å². The van der Waals surface area contributed by atoms with E-state index in [1.54, 1.807) is 48.3 Å². The maximum Gasteiger partial charge on any atom is 0.257 e. The van der Waals surface area contributed by atoms with E-state index >= 15 is 0 Å². The van der Waals surface area contributed by atoms with Crippen LogP contribution in [0.15, 0.2) is 48.7 Å². The van der Waals surface area contributed by atoms with E-state index in [0.717, 1.165) is 11.1 Å². The van der Waals surface area contributed by atoms with Crippen LogP contribution in [0.3, 0.4) is 0 Å². The number of ether oxygens (including phenoxy) is 1. The number of nitrogens with one attached hydrogen (secondary N) is 1. The Bertz CT molecular complexity index is 938. The van der Waals surface area contributed by atoms with Crippen molar-refractivity contribution in [1.29, 1.82) is 0 Å². The number of rotatable bonds is 5. The maximum atomic E-state index is 13.0. The van der Waals surface area contributed by atoms with Crippen molar-refractivity contribution in [3.05, 3.63) is 76.2 Å². The van der Waals surface area contributed by atoms with Gasteiger partial charge >= 0.3 is 0 Å². The monoisotopic (exact) mass is 373 g/mol. The van der Waals surface area contributed by atoms with Gasteiger partial charge in [0.05, 0.1) is 13.7 Å². The first-order valence-electron chi connectivity index (χ1n) is 7.90. The lowest BCUT2D eigenvalue weighted by molar-refractivity contribution is 0.102. The topological polar surface area (TPSA) is 56.1 Å². The molecule has 5 nitrogen and oxygen atoms in total. The molecule has 1 N–H and O–H groups in total. The highest BCUT2D eigenvalue weighted by Crippen LogP contribution is 2.24. The van der Waals surface area contributed by atoms with Crippen molar-refractivity contribution in [3.63, 3.8) is 0 Å². The zero-order valence-electron chi connectivity index (χ0n) is 14.3. The minimum Gasteiger partial charge on any atom is -0.496 e. The van der Waals surface area contributed by atoms with Crippen molar-refractivity contribution < 1.29 is 13.9 Å². The van der Waals surface area contributed by atoms with Gasteiger partial charge in [-0.2, -0.15) is 5.10 Å². The van der Waals surface area contributed by atoms with Gasteiger partial charge in [-0.25, -0.2) is 4.39 Å². The lowest BCUT2D eigenvalue weighted by Gasteiger charge is -2.09. The van der Waals surface area contributed by atoms with Crippen LogP contribution >= 0.6 is 11.6 Å². The fraction of sp³-hybridized carbons (Fsp3) is 0.158. The summed E-state index contributed by atoms with van der Waals surface area (Å²) in [5.74, 6) is 0.274. The predicted molar refractivity (Wildman–Crippen MR) is 98.4 cm³/mol. The van der Waals surface area contributed by atoms with Crippen LogP contribution in [0.1, 0.15) is 21.5 Å². The Balaban J connectivity index is 1.77. The van der Waals surface area contributed by atoms with E-state index in [1.165, 1.54) is 12.1 Å². The smallest absolute Gasteiger partial charge is 0.257 e. The quantitative estimate of drug-likeness (QED) is 0.725. The van der Waals surface area contributed by atoms with Crippen molar-refractivity contribution >= 4 is 23.3 Å². The highest BCUT2D eigenvalue weighted by Gasteiger charge is 2.16. The first-order chi connectivity index (χ1) is 12.5. The summed E-state index contributed by atoms with van der Waals surface area (Å²) >= 11 is 6.18. The number of aromatic nitrogens is 2. The minimum absolute atomic E-state index is 0.265. The van der Waals surface area contributed by atoms with Crippen molar-refractivity contribution in [1.82, 2.24) is 9.78 Å². The third-order valence-corrected chi connectivity index (χ3v) is 4.23.